The molecule has 2 rings (SSSR count). The zero-order valence-electron chi connectivity index (χ0n) is 10.8. The fourth-order valence-electron chi connectivity index (χ4n) is 2.83. The first kappa shape index (κ1) is 12.3. The molecule has 94 valence electrons. The fourth-order valence-corrected chi connectivity index (χ4v) is 2.83. The topological polar surface area (TPSA) is 55.0 Å². The van der Waals surface area contributed by atoms with Crippen LogP contribution >= 0.6 is 0 Å². The second kappa shape index (κ2) is 5.45. The lowest BCUT2D eigenvalue weighted by Gasteiger charge is -2.37. The first-order valence-electron chi connectivity index (χ1n) is 6.46. The average molecular weight is 234 g/mol. The fraction of sp³-hybridized carbons (Fsp3) is 0.692. The quantitative estimate of drug-likeness (QED) is 0.868. The van der Waals surface area contributed by atoms with Crippen molar-refractivity contribution < 1.29 is 0 Å². The van der Waals surface area contributed by atoms with Crippen LogP contribution in [-0.4, -0.2) is 23.1 Å². The summed E-state index contributed by atoms with van der Waals surface area (Å²) in [6, 6.07) is 0.575. The van der Waals surface area contributed by atoms with Gasteiger partial charge in [-0.05, 0) is 18.8 Å². The summed E-state index contributed by atoms with van der Waals surface area (Å²) in [6.07, 6.45) is 8.70. The summed E-state index contributed by atoms with van der Waals surface area (Å²) >= 11 is 0. The van der Waals surface area contributed by atoms with E-state index in [1.807, 2.05) is 0 Å². The van der Waals surface area contributed by atoms with Gasteiger partial charge in [0.2, 0.25) is 0 Å². The van der Waals surface area contributed by atoms with Gasteiger partial charge in [0.05, 0.1) is 5.69 Å². The van der Waals surface area contributed by atoms with Gasteiger partial charge in [0, 0.05) is 32.0 Å². The molecule has 2 atom stereocenters. The molecule has 0 spiro atoms. The second-order valence-corrected chi connectivity index (χ2v) is 4.97. The summed E-state index contributed by atoms with van der Waals surface area (Å²) in [6.45, 7) is 2.79. The Morgan fingerprint density at radius 3 is 2.71 bits per heavy atom. The Kier molecular flexibility index (Phi) is 3.94. The smallest absolute Gasteiger partial charge is 0.151 e. The van der Waals surface area contributed by atoms with E-state index in [0.29, 0.717) is 12.6 Å². The van der Waals surface area contributed by atoms with Gasteiger partial charge in [-0.3, -0.25) is 4.98 Å². The Balaban J connectivity index is 2.20. The molecule has 0 radical (unpaired) electrons. The number of hydrogen-bond acceptors (Lipinski definition) is 4. The Labute approximate surface area is 103 Å². The first-order valence-corrected chi connectivity index (χ1v) is 6.46. The van der Waals surface area contributed by atoms with Crippen LogP contribution in [0.2, 0.25) is 0 Å². The lowest BCUT2D eigenvalue weighted by Crippen LogP contribution is -2.40. The monoisotopic (exact) mass is 234 g/mol. The van der Waals surface area contributed by atoms with E-state index in [2.05, 4.69) is 28.8 Å². The molecule has 1 saturated carbocycles. The molecule has 1 fully saturated rings. The molecule has 0 bridgehead atoms. The third-order valence-electron chi connectivity index (χ3n) is 3.84. The highest BCUT2D eigenvalue weighted by molar-refractivity contribution is 5.43. The van der Waals surface area contributed by atoms with Gasteiger partial charge in [0.25, 0.3) is 0 Å². The number of nitrogens with two attached hydrogens (primary N) is 1. The SMILES string of the molecule is CC1CCCCC1N(C)c1nccnc1CN. The molecule has 1 aromatic heterocycles. The zero-order chi connectivity index (χ0) is 12.3. The van der Waals surface area contributed by atoms with Crippen LogP contribution < -0.4 is 10.6 Å². The summed E-state index contributed by atoms with van der Waals surface area (Å²) in [7, 11) is 2.12. The summed E-state index contributed by atoms with van der Waals surface area (Å²) in [5.74, 6) is 1.68. The zero-order valence-corrected chi connectivity index (χ0v) is 10.8. The van der Waals surface area contributed by atoms with Crippen molar-refractivity contribution in [2.24, 2.45) is 11.7 Å². The number of nitrogens with zero attached hydrogens (tertiary/aromatic N) is 3. The molecule has 2 unspecified atom stereocenters. The maximum Gasteiger partial charge on any atom is 0.151 e. The molecular weight excluding hydrogens is 212 g/mol. The molecule has 2 N–H and O–H groups in total. The van der Waals surface area contributed by atoms with Crippen LogP contribution in [0.25, 0.3) is 0 Å². The van der Waals surface area contributed by atoms with Crippen LogP contribution in [0.15, 0.2) is 12.4 Å². The van der Waals surface area contributed by atoms with Crippen LogP contribution in [0.1, 0.15) is 38.3 Å². The molecule has 4 nitrogen and oxygen atoms in total. The van der Waals surface area contributed by atoms with Crippen molar-refractivity contribution >= 4 is 5.82 Å². The maximum absolute atomic E-state index is 5.72. The van der Waals surface area contributed by atoms with Gasteiger partial charge in [-0.2, -0.15) is 0 Å². The molecular formula is C13H22N4. The van der Waals surface area contributed by atoms with Crippen molar-refractivity contribution in [2.45, 2.75) is 45.2 Å². The standard InChI is InChI=1S/C13H22N4/c1-10-5-3-4-6-12(10)17(2)13-11(9-14)15-7-8-16-13/h7-8,10,12H,3-6,9,14H2,1-2H3. The summed E-state index contributed by atoms with van der Waals surface area (Å²) in [5, 5.41) is 0. The van der Waals surface area contributed by atoms with E-state index in [-0.39, 0.29) is 0 Å². The van der Waals surface area contributed by atoms with E-state index in [1.54, 1.807) is 12.4 Å². The molecule has 0 saturated heterocycles. The second-order valence-electron chi connectivity index (χ2n) is 4.97. The van der Waals surface area contributed by atoms with Gasteiger partial charge >= 0.3 is 0 Å². The maximum atomic E-state index is 5.72. The molecule has 0 aliphatic heterocycles. The molecule has 1 aliphatic carbocycles. The number of hydrogen-bond donors (Lipinski definition) is 1. The van der Waals surface area contributed by atoms with E-state index >= 15 is 0 Å². The molecule has 1 aliphatic rings. The highest BCUT2D eigenvalue weighted by atomic mass is 15.2. The molecule has 1 aromatic rings. The third-order valence-corrected chi connectivity index (χ3v) is 3.84. The Morgan fingerprint density at radius 1 is 1.29 bits per heavy atom. The lowest BCUT2D eigenvalue weighted by molar-refractivity contribution is 0.320. The summed E-state index contributed by atoms with van der Waals surface area (Å²) < 4.78 is 0. The van der Waals surface area contributed by atoms with Gasteiger partial charge in [0.1, 0.15) is 0 Å². The average Bonchev–Trinajstić information content (AvgIpc) is 2.38. The van der Waals surface area contributed by atoms with E-state index in [4.69, 9.17) is 5.73 Å². The predicted molar refractivity (Wildman–Crippen MR) is 69.7 cm³/mol. The van der Waals surface area contributed by atoms with Gasteiger partial charge < -0.3 is 10.6 Å². The Morgan fingerprint density at radius 2 is 2.00 bits per heavy atom. The van der Waals surface area contributed by atoms with Crippen LogP contribution in [0.3, 0.4) is 0 Å². The Bertz CT molecular complexity index is 366. The summed E-state index contributed by atoms with van der Waals surface area (Å²) in [5.41, 5.74) is 6.62. The highest BCUT2D eigenvalue weighted by Crippen LogP contribution is 2.30. The van der Waals surface area contributed by atoms with E-state index in [9.17, 15) is 0 Å². The van der Waals surface area contributed by atoms with Crippen LogP contribution in [0.5, 0.6) is 0 Å². The third kappa shape index (κ3) is 2.57. The molecule has 0 amide bonds. The first-order chi connectivity index (χ1) is 8.24. The number of aromatic nitrogens is 2. The van der Waals surface area contributed by atoms with Gasteiger partial charge in [-0.15, -0.1) is 0 Å². The van der Waals surface area contributed by atoms with Gasteiger partial charge in [-0.25, -0.2) is 4.98 Å². The van der Waals surface area contributed by atoms with Crippen molar-refractivity contribution in [3.8, 4) is 0 Å². The summed E-state index contributed by atoms with van der Waals surface area (Å²) in [4.78, 5) is 11.0. The van der Waals surface area contributed by atoms with Crippen LogP contribution in [0.4, 0.5) is 5.82 Å². The molecule has 1 heterocycles. The molecule has 4 heteroatoms. The highest BCUT2D eigenvalue weighted by Gasteiger charge is 2.26. The molecule has 0 aromatic carbocycles. The molecule has 17 heavy (non-hydrogen) atoms. The van der Waals surface area contributed by atoms with Crippen LogP contribution in [0, 0.1) is 5.92 Å². The minimum absolute atomic E-state index is 0.453. The van der Waals surface area contributed by atoms with Crippen molar-refractivity contribution in [1.82, 2.24) is 9.97 Å². The van der Waals surface area contributed by atoms with E-state index in [0.717, 1.165) is 17.4 Å². The van der Waals surface area contributed by atoms with Gasteiger partial charge in [0.15, 0.2) is 5.82 Å². The van der Waals surface area contributed by atoms with Crippen molar-refractivity contribution in [2.75, 3.05) is 11.9 Å². The van der Waals surface area contributed by atoms with Gasteiger partial charge in [-0.1, -0.05) is 19.8 Å². The number of rotatable bonds is 3. The van der Waals surface area contributed by atoms with E-state index in [1.165, 1.54) is 25.7 Å². The Hall–Kier alpha value is -1.16. The normalized spacial score (nSPS) is 24.6. The van der Waals surface area contributed by atoms with E-state index < -0.39 is 0 Å². The van der Waals surface area contributed by atoms with Crippen LogP contribution in [-0.2, 0) is 6.54 Å². The minimum atomic E-state index is 0.453. The largest absolute Gasteiger partial charge is 0.355 e. The number of anilines is 1. The predicted octanol–water partition coefficient (Wildman–Crippen LogP) is 1.95. The van der Waals surface area contributed by atoms with Crippen molar-refractivity contribution in [3.05, 3.63) is 18.1 Å². The lowest BCUT2D eigenvalue weighted by atomic mass is 9.85. The minimum Gasteiger partial charge on any atom is -0.355 e. The van der Waals surface area contributed by atoms with Crippen molar-refractivity contribution in [3.63, 3.8) is 0 Å². The van der Waals surface area contributed by atoms with Crippen molar-refractivity contribution in [1.29, 1.82) is 0 Å².